The fourth-order valence-electron chi connectivity index (χ4n) is 10.8. The summed E-state index contributed by atoms with van der Waals surface area (Å²) in [6.45, 7) is -1.57. The molecule has 0 aromatic heterocycles. The molecule has 4 heterocycles. The largest absolute Gasteiger partial charge is 0.508 e. The Morgan fingerprint density at radius 2 is 0.808 bits per heavy atom. The summed E-state index contributed by atoms with van der Waals surface area (Å²) in [7, 11) is 0. The second kappa shape index (κ2) is 19.4. The van der Waals surface area contributed by atoms with Crippen molar-refractivity contribution < 1.29 is 95.5 Å². The lowest BCUT2D eigenvalue weighted by atomic mass is 9.78. The van der Waals surface area contributed by atoms with Crippen molar-refractivity contribution in [2.24, 2.45) is 0 Å². The van der Waals surface area contributed by atoms with Gasteiger partial charge in [-0.25, -0.2) is 0 Å². The van der Waals surface area contributed by atoms with Crippen molar-refractivity contribution in [1.82, 2.24) is 0 Å². The van der Waals surface area contributed by atoms with Gasteiger partial charge in [-0.05, 0) is 99.6 Å². The van der Waals surface area contributed by atoms with Crippen LogP contribution in [-0.2, 0) is 9.47 Å². The summed E-state index contributed by atoms with van der Waals surface area (Å²) >= 11 is 0. The summed E-state index contributed by atoms with van der Waals surface area (Å²) in [5.74, 6) is -3.77. The summed E-state index contributed by atoms with van der Waals surface area (Å²) in [6.07, 6.45) is -15.8. The van der Waals surface area contributed by atoms with Crippen LogP contribution in [0.1, 0.15) is 91.9 Å². The van der Waals surface area contributed by atoms with E-state index in [0.29, 0.717) is 22.3 Å². The zero-order valence-electron chi connectivity index (χ0n) is 38.3. The first-order valence-corrected chi connectivity index (χ1v) is 23.3. The van der Waals surface area contributed by atoms with Gasteiger partial charge in [-0.3, -0.25) is 0 Å². The third-order valence-corrected chi connectivity index (χ3v) is 14.2. The third kappa shape index (κ3) is 8.78. The van der Waals surface area contributed by atoms with Gasteiger partial charge in [-0.2, -0.15) is 0 Å². The topological polar surface area (TPSA) is 340 Å². The van der Waals surface area contributed by atoms with Crippen LogP contribution in [0.4, 0.5) is 0 Å². The number of phenols is 7. The fraction of sp³-hybridized carbons (Fsp3) is 0.296. The maximum Gasteiger partial charge on any atom is 0.135 e. The average Bonchev–Trinajstić information content (AvgIpc) is 3.95. The lowest BCUT2D eigenvalue weighted by Gasteiger charge is -2.41. The van der Waals surface area contributed by atoms with Gasteiger partial charge < -0.3 is 95.5 Å². The van der Waals surface area contributed by atoms with E-state index < -0.39 is 104 Å². The van der Waals surface area contributed by atoms with Crippen LogP contribution in [0.15, 0.2) is 103 Å². The van der Waals surface area contributed by atoms with Crippen molar-refractivity contribution in [2.45, 2.75) is 85.1 Å². The Kier molecular flexibility index (Phi) is 13.1. The molecule has 15 N–H and O–H groups in total. The minimum Gasteiger partial charge on any atom is -0.508 e. The smallest absolute Gasteiger partial charge is 0.135 e. The SMILES string of the molecule is OC[C@H]1O[C@@H](c2c(O)cc(/C=C/c3ccc4c(c3[C@@H]3O[C@H](CO)[C@@H](O)[C@H](O)[C@H]3O)[C@@H](c3cc(O)cc(O)c3)[C@H](c3ccc(O)cc3)O4)c3c2O[C@@H](c2ccc(O)cc2)[C@@H]3c2cc(O)cc(O)c2)[C@H](O)[C@@H](O)[C@@H]1O. The molecule has 4 aliphatic heterocycles. The molecule has 10 rings (SSSR count). The van der Waals surface area contributed by atoms with Gasteiger partial charge in [0.25, 0.3) is 0 Å². The van der Waals surface area contributed by atoms with Crippen LogP contribution in [0.25, 0.3) is 12.2 Å². The van der Waals surface area contributed by atoms with Gasteiger partial charge in [-0.15, -0.1) is 0 Å². The predicted molar refractivity (Wildman–Crippen MR) is 255 cm³/mol. The van der Waals surface area contributed by atoms with E-state index in [2.05, 4.69) is 0 Å². The molecule has 6 aromatic rings. The summed E-state index contributed by atoms with van der Waals surface area (Å²) < 4.78 is 25.6. The van der Waals surface area contributed by atoms with Crippen LogP contribution >= 0.6 is 0 Å². The highest BCUT2D eigenvalue weighted by atomic mass is 16.6. The summed E-state index contributed by atoms with van der Waals surface area (Å²) in [5.41, 5.74) is 2.59. The summed E-state index contributed by atoms with van der Waals surface area (Å²) in [5, 5.41) is 164. The van der Waals surface area contributed by atoms with Crippen molar-refractivity contribution in [1.29, 1.82) is 0 Å². The maximum atomic E-state index is 12.1. The summed E-state index contributed by atoms with van der Waals surface area (Å²) in [4.78, 5) is 0. The molecule has 6 aromatic carbocycles. The molecule has 4 aliphatic rings. The Balaban J connectivity index is 1.22. The molecule has 2 fully saturated rings. The number of phenolic OH excluding ortho intramolecular Hbond substituents is 7. The number of benzene rings is 6. The standard InChI is InChI=1S/C54H52O19/c55-20-36-44(64)46(66)48(68)53(71-36)38-22(7-12-35-43(38)41(27-15-32(61)19-33(62)16-27)50(70-35)23-3-8-28(57)9-4-23)1-2-25-17-34(63)42(54-49(69)47(67)45(65)37(21-56)72-54)52-39(25)40(26-13-30(59)18-31(60)14-26)51(73-52)24-5-10-29(58)11-6-24/h1-19,36-37,40-41,44-51,53-69H,20-21H2/b2-1+/t36-,37-,40-,41-,44-,45-,46+,47+,48-,49-,50+,51+,53+,54+/m1/s1. The van der Waals surface area contributed by atoms with E-state index in [1.807, 2.05) is 0 Å². The molecule has 0 bridgehead atoms. The molecule has 0 aliphatic carbocycles. The molecule has 19 heteroatoms. The molecule has 19 nitrogen and oxygen atoms in total. The zero-order valence-corrected chi connectivity index (χ0v) is 38.3. The van der Waals surface area contributed by atoms with E-state index >= 15 is 0 Å². The number of fused-ring (bicyclic) bond motifs is 2. The van der Waals surface area contributed by atoms with E-state index in [4.69, 9.17) is 18.9 Å². The lowest BCUT2D eigenvalue weighted by Crippen LogP contribution is -2.55. The van der Waals surface area contributed by atoms with E-state index in [-0.39, 0.29) is 79.4 Å². The zero-order chi connectivity index (χ0) is 51.7. The first kappa shape index (κ1) is 49.4. The minimum atomic E-state index is -1.89. The minimum absolute atomic E-state index is 0.0399. The van der Waals surface area contributed by atoms with Crippen LogP contribution in [0.5, 0.6) is 51.7 Å². The number of aliphatic hydroxyl groups is 8. The molecule has 73 heavy (non-hydrogen) atoms. The Hall–Kier alpha value is -7.14. The normalized spacial score (nSPS) is 29.6. The molecule has 0 unspecified atom stereocenters. The number of hydrogen-bond donors (Lipinski definition) is 15. The maximum absolute atomic E-state index is 12.1. The fourth-order valence-corrected chi connectivity index (χ4v) is 10.8. The van der Waals surface area contributed by atoms with Gasteiger partial charge in [0.05, 0.1) is 30.6 Å². The van der Waals surface area contributed by atoms with Gasteiger partial charge in [0.2, 0.25) is 0 Å². The van der Waals surface area contributed by atoms with E-state index in [0.717, 1.165) is 12.1 Å². The van der Waals surface area contributed by atoms with Crippen LogP contribution < -0.4 is 9.47 Å². The van der Waals surface area contributed by atoms with Crippen molar-refractivity contribution in [3.05, 3.63) is 159 Å². The van der Waals surface area contributed by atoms with Gasteiger partial charge in [0, 0.05) is 23.3 Å². The Morgan fingerprint density at radius 3 is 1.29 bits per heavy atom. The van der Waals surface area contributed by atoms with E-state index in [1.165, 1.54) is 54.6 Å². The molecule has 382 valence electrons. The van der Waals surface area contributed by atoms with Crippen molar-refractivity contribution in [3.8, 4) is 51.7 Å². The van der Waals surface area contributed by atoms with Gasteiger partial charge in [0.1, 0.15) is 125 Å². The monoisotopic (exact) mass is 1000 g/mol. The number of aliphatic hydroxyl groups excluding tert-OH is 8. The Bertz CT molecular complexity index is 3010. The summed E-state index contributed by atoms with van der Waals surface area (Å²) in [6, 6.07) is 24.4. The molecule has 0 radical (unpaired) electrons. The number of aromatic hydroxyl groups is 7. The van der Waals surface area contributed by atoms with Crippen molar-refractivity contribution in [2.75, 3.05) is 13.2 Å². The van der Waals surface area contributed by atoms with Crippen LogP contribution in [0.3, 0.4) is 0 Å². The number of rotatable bonds is 10. The predicted octanol–water partition coefficient (Wildman–Crippen LogP) is 3.36. The molecule has 0 saturated carbocycles. The van der Waals surface area contributed by atoms with Crippen LogP contribution in [0.2, 0.25) is 0 Å². The second-order valence-electron chi connectivity index (χ2n) is 18.7. The molecular formula is C54H52O19. The Labute approximate surface area is 415 Å². The second-order valence-corrected chi connectivity index (χ2v) is 18.7. The molecule has 0 amide bonds. The first-order valence-electron chi connectivity index (χ1n) is 23.3. The van der Waals surface area contributed by atoms with E-state index in [1.54, 1.807) is 48.6 Å². The van der Waals surface area contributed by atoms with Crippen LogP contribution in [0, 0.1) is 0 Å². The quantitative estimate of drug-likeness (QED) is 0.0875. The van der Waals surface area contributed by atoms with Crippen LogP contribution in [-0.4, -0.2) is 139 Å². The van der Waals surface area contributed by atoms with E-state index in [9.17, 15) is 76.6 Å². The van der Waals surface area contributed by atoms with Crippen molar-refractivity contribution in [3.63, 3.8) is 0 Å². The van der Waals surface area contributed by atoms with Gasteiger partial charge in [-0.1, -0.05) is 42.5 Å². The number of ether oxygens (including phenoxy) is 4. The molecule has 14 atom stereocenters. The molecule has 0 spiro atoms. The molecular weight excluding hydrogens is 953 g/mol. The van der Waals surface area contributed by atoms with Gasteiger partial charge >= 0.3 is 0 Å². The lowest BCUT2D eigenvalue weighted by molar-refractivity contribution is -0.232. The first-order chi connectivity index (χ1) is 35.0. The van der Waals surface area contributed by atoms with Gasteiger partial charge in [0.15, 0.2) is 0 Å². The molecule has 2 saturated heterocycles. The number of hydrogen-bond acceptors (Lipinski definition) is 19. The highest BCUT2D eigenvalue weighted by Crippen LogP contribution is 2.59. The highest BCUT2D eigenvalue weighted by Gasteiger charge is 2.51. The third-order valence-electron chi connectivity index (χ3n) is 14.2. The Morgan fingerprint density at radius 1 is 0.370 bits per heavy atom. The average molecular weight is 1000 g/mol. The highest BCUT2D eigenvalue weighted by molar-refractivity contribution is 5.79. The van der Waals surface area contributed by atoms with Crippen molar-refractivity contribution >= 4 is 12.2 Å².